The van der Waals surface area contributed by atoms with E-state index in [1.165, 1.54) is 37.0 Å². The minimum Gasteiger partial charge on any atom is -0.505 e. The van der Waals surface area contributed by atoms with Crippen LogP contribution in [0, 0.1) is 6.92 Å². The number of nitrogens with two attached hydrogens (primary N) is 1. The molecule has 28 heavy (non-hydrogen) atoms. The van der Waals surface area contributed by atoms with Gasteiger partial charge in [0.1, 0.15) is 17.1 Å². The van der Waals surface area contributed by atoms with Crippen LogP contribution in [0.2, 0.25) is 0 Å². The average molecular weight is 398 g/mol. The number of anilines is 1. The number of phenolic OH excluding ortho intramolecular Hbond substituents is 1. The number of nitrogen functional groups attached to an aromatic ring is 1. The maximum Gasteiger partial charge on any atom is 0.146 e. The topological polar surface area (TPSA) is 71.0 Å². The highest BCUT2D eigenvalue weighted by molar-refractivity contribution is 8.00. The number of thioether (sulfide) groups is 1. The van der Waals surface area contributed by atoms with Crippen LogP contribution >= 0.6 is 11.8 Å². The number of azo groups is 1. The van der Waals surface area contributed by atoms with Gasteiger partial charge in [0.05, 0.1) is 5.69 Å². The van der Waals surface area contributed by atoms with Crippen LogP contribution in [0.1, 0.15) is 64.0 Å². The van der Waals surface area contributed by atoms with Crippen molar-refractivity contribution in [2.75, 3.05) is 5.73 Å². The lowest BCUT2D eigenvalue weighted by molar-refractivity contribution is 0.447. The third kappa shape index (κ3) is 5.07. The van der Waals surface area contributed by atoms with Gasteiger partial charge >= 0.3 is 0 Å². The largest absolute Gasteiger partial charge is 0.505 e. The van der Waals surface area contributed by atoms with Gasteiger partial charge in [-0.3, -0.25) is 0 Å². The van der Waals surface area contributed by atoms with E-state index in [0.717, 1.165) is 11.1 Å². The van der Waals surface area contributed by atoms with Gasteiger partial charge in [-0.1, -0.05) is 46.1 Å². The van der Waals surface area contributed by atoms with Gasteiger partial charge in [-0.25, -0.2) is 0 Å². The molecule has 1 saturated carbocycles. The average Bonchev–Trinajstić information content (AvgIpc) is 2.64. The van der Waals surface area contributed by atoms with Crippen molar-refractivity contribution >= 4 is 28.8 Å². The first kappa shape index (κ1) is 20.7. The zero-order valence-corrected chi connectivity index (χ0v) is 18.1. The van der Waals surface area contributed by atoms with E-state index in [1.54, 1.807) is 0 Å². The summed E-state index contributed by atoms with van der Waals surface area (Å²) in [4.78, 5) is 1.18. The van der Waals surface area contributed by atoms with E-state index >= 15 is 0 Å². The van der Waals surface area contributed by atoms with Crippen molar-refractivity contribution in [2.24, 2.45) is 10.2 Å². The van der Waals surface area contributed by atoms with E-state index in [1.807, 2.05) is 43.0 Å². The molecule has 0 aliphatic heterocycles. The minimum atomic E-state index is -0.171. The Balaban J connectivity index is 1.86. The number of aryl methyl sites for hydroxylation is 1. The standard InChI is InChI=1S/C23H31N3OS/c1-15-12-18(23(2,3)4)22(27)21(13-15)26-25-20-14-17(10-11-19(20)24)28-16-8-6-5-7-9-16/h10-14,16,27H,5-9,24H2,1-4H3. The van der Waals surface area contributed by atoms with Crippen LogP contribution in [0.3, 0.4) is 0 Å². The number of rotatable bonds is 4. The Morgan fingerprint density at radius 1 is 1.00 bits per heavy atom. The number of hydrogen-bond donors (Lipinski definition) is 2. The molecule has 2 aromatic rings. The van der Waals surface area contributed by atoms with Crippen LogP contribution in [0.25, 0.3) is 0 Å². The summed E-state index contributed by atoms with van der Waals surface area (Å²) in [5, 5.41) is 20.1. The number of hydrogen-bond acceptors (Lipinski definition) is 5. The molecule has 4 nitrogen and oxygen atoms in total. The summed E-state index contributed by atoms with van der Waals surface area (Å²) < 4.78 is 0. The summed E-state index contributed by atoms with van der Waals surface area (Å²) in [5.74, 6) is 0.188. The van der Waals surface area contributed by atoms with Crippen LogP contribution in [-0.2, 0) is 5.41 Å². The van der Waals surface area contributed by atoms with Gasteiger partial charge in [0.2, 0.25) is 0 Å². The molecule has 5 heteroatoms. The Morgan fingerprint density at radius 2 is 1.68 bits per heavy atom. The molecule has 0 saturated heterocycles. The van der Waals surface area contributed by atoms with Crippen LogP contribution < -0.4 is 5.73 Å². The summed E-state index contributed by atoms with van der Waals surface area (Å²) in [7, 11) is 0. The van der Waals surface area contributed by atoms with Crippen LogP contribution in [-0.4, -0.2) is 10.4 Å². The first-order chi connectivity index (χ1) is 13.2. The van der Waals surface area contributed by atoms with Crippen LogP contribution in [0.4, 0.5) is 17.1 Å². The van der Waals surface area contributed by atoms with E-state index in [2.05, 4.69) is 37.1 Å². The maximum atomic E-state index is 10.7. The molecule has 2 aromatic carbocycles. The predicted molar refractivity (Wildman–Crippen MR) is 119 cm³/mol. The quantitative estimate of drug-likeness (QED) is 0.416. The molecule has 3 N–H and O–H groups in total. The zero-order chi connectivity index (χ0) is 20.3. The minimum absolute atomic E-state index is 0.171. The fraction of sp³-hybridized carbons (Fsp3) is 0.478. The molecule has 150 valence electrons. The van der Waals surface area contributed by atoms with Crippen LogP contribution in [0.15, 0.2) is 45.5 Å². The highest BCUT2D eigenvalue weighted by atomic mass is 32.2. The van der Waals surface area contributed by atoms with E-state index in [0.29, 0.717) is 22.3 Å². The molecule has 0 bridgehead atoms. The molecule has 0 unspecified atom stereocenters. The molecule has 1 aliphatic carbocycles. The lowest BCUT2D eigenvalue weighted by atomic mass is 9.85. The van der Waals surface area contributed by atoms with E-state index < -0.39 is 0 Å². The SMILES string of the molecule is Cc1cc(N=Nc2cc(SC3CCCCC3)ccc2N)c(O)c(C(C)(C)C)c1. The molecule has 0 spiro atoms. The van der Waals surface area contributed by atoms with Gasteiger partial charge in [0, 0.05) is 15.7 Å². The highest BCUT2D eigenvalue weighted by Gasteiger charge is 2.21. The van der Waals surface area contributed by atoms with Crippen molar-refractivity contribution in [2.45, 2.75) is 75.4 Å². The fourth-order valence-corrected chi connectivity index (χ4v) is 4.85. The summed E-state index contributed by atoms with van der Waals surface area (Å²) in [6.45, 7) is 8.23. The molecular weight excluding hydrogens is 366 g/mol. The lowest BCUT2D eigenvalue weighted by Gasteiger charge is -2.21. The predicted octanol–water partition coefficient (Wildman–Crippen LogP) is 7.42. The van der Waals surface area contributed by atoms with E-state index in [-0.39, 0.29) is 11.2 Å². The number of phenols is 1. The first-order valence-electron chi connectivity index (χ1n) is 10.1. The van der Waals surface area contributed by atoms with Gasteiger partial charge < -0.3 is 10.8 Å². The molecule has 3 rings (SSSR count). The second kappa shape index (κ2) is 8.56. The second-order valence-electron chi connectivity index (χ2n) is 8.73. The summed E-state index contributed by atoms with van der Waals surface area (Å²) >= 11 is 1.91. The van der Waals surface area contributed by atoms with E-state index in [4.69, 9.17) is 5.73 Å². The van der Waals surface area contributed by atoms with Crippen molar-refractivity contribution in [3.05, 3.63) is 41.5 Å². The third-order valence-corrected chi connectivity index (χ3v) is 6.50. The van der Waals surface area contributed by atoms with Crippen molar-refractivity contribution in [3.63, 3.8) is 0 Å². The smallest absolute Gasteiger partial charge is 0.146 e. The molecule has 0 atom stereocenters. The molecule has 0 aromatic heterocycles. The fourth-order valence-electron chi connectivity index (χ4n) is 3.57. The van der Waals surface area contributed by atoms with Crippen molar-refractivity contribution in [3.8, 4) is 5.75 Å². The third-order valence-electron chi connectivity index (χ3n) is 5.16. The summed E-state index contributed by atoms with van der Waals surface area (Å²) in [6, 6.07) is 9.83. The molecule has 0 amide bonds. The number of nitrogens with zero attached hydrogens (tertiary/aromatic N) is 2. The monoisotopic (exact) mass is 397 g/mol. The highest BCUT2D eigenvalue weighted by Crippen LogP contribution is 2.41. The molecular formula is C23H31N3OS. The molecule has 1 fully saturated rings. The van der Waals surface area contributed by atoms with Gasteiger partial charge in [-0.15, -0.1) is 22.0 Å². The molecule has 0 radical (unpaired) electrons. The Hall–Kier alpha value is -2.01. The summed E-state index contributed by atoms with van der Waals surface area (Å²) in [6.07, 6.45) is 6.55. The Kier molecular flexibility index (Phi) is 6.33. The maximum absolute atomic E-state index is 10.7. The van der Waals surface area contributed by atoms with E-state index in [9.17, 15) is 5.11 Å². The Labute approximate surface area is 172 Å². The molecule has 1 aliphatic rings. The summed E-state index contributed by atoms with van der Waals surface area (Å²) in [5.41, 5.74) is 9.61. The number of benzene rings is 2. The van der Waals surface area contributed by atoms with Crippen LogP contribution in [0.5, 0.6) is 5.75 Å². The van der Waals surface area contributed by atoms with Crippen molar-refractivity contribution in [1.29, 1.82) is 0 Å². The van der Waals surface area contributed by atoms with Gasteiger partial charge in [-0.05, 0) is 55.0 Å². The van der Waals surface area contributed by atoms with Gasteiger partial charge in [-0.2, -0.15) is 0 Å². The zero-order valence-electron chi connectivity index (χ0n) is 17.3. The Bertz CT molecular complexity index is 865. The Morgan fingerprint density at radius 3 is 2.36 bits per heavy atom. The van der Waals surface area contributed by atoms with Gasteiger partial charge in [0.15, 0.2) is 0 Å². The molecule has 0 heterocycles. The lowest BCUT2D eigenvalue weighted by Crippen LogP contribution is -2.11. The number of aromatic hydroxyl groups is 1. The van der Waals surface area contributed by atoms with Crippen molar-refractivity contribution in [1.82, 2.24) is 0 Å². The van der Waals surface area contributed by atoms with Crippen molar-refractivity contribution < 1.29 is 5.11 Å². The first-order valence-corrected chi connectivity index (χ1v) is 10.9. The normalized spacial score (nSPS) is 16.0. The van der Waals surface area contributed by atoms with Gasteiger partial charge in [0.25, 0.3) is 0 Å². The second-order valence-corrected chi connectivity index (χ2v) is 10.1.